The molecular weight excluding hydrogens is 400 g/mol. The zero-order valence-electron chi connectivity index (χ0n) is 17.1. The first-order valence-corrected chi connectivity index (χ1v) is 10.2. The molecule has 0 saturated carbocycles. The van der Waals surface area contributed by atoms with Crippen LogP contribution in [0.2, 0.25) is 0 Å². The van der Waals surface area contributed by atoms with E-state index in [4.69, 9.17) is 5.21 Å². The smallest absolute Gasteiger partial charge is 0.0734 e. The molecule has 0 radical (unpaired) electrons. The van der Waals surface area contributed by atoms with E-state index >= 15 is 0 Å². The predicted octanol–water partition coefficient (Wildman–Crippen LogP) is 6.87. The van der Waals surface area contributed by atoms with Crippen molar-refractivity contribution in [2.75, 3.05) is 12.4 Å². The van der Waals surface area contributed by atoms with Crippen LogP contribution in [-0.2, 0) is 10.8 Å². The summed E-state index contributed by atoms with van der Waals surface area (Å²) >= 11 is 3.66. The minimum Gasteiger partial charge on any atom is -0.411 e. The number of rotatable bonds is 3. The van der Waals surface area contributed by atoms with Crippen LogP contribution in [0.3, 0.4) is 0 Å². The summed E-state index contributed by atoms with van der Waals surface area (Å²) in [5.74, 6) is 0. The summed E-state index contributed by atoms with van der Waals surface area (Å²) in [5.41, 5.74) is 8.77. The topological polar surface area (TPSA) is 44.6 Å². The molecule has 0 amide bonds. The molecule has 3 nitrogen and oxygen atoms in total. The molecule has 0 atom stereocenters. The largest absolute Gasteiger partial charge is 0.411 e. The molecule has 2 aromatic rings. The number of nitrogens with one attached hydrogen (secondary N) is 1. The van der Waals surface area contributed by atoms with Crippen LogP contribution >= 0.6 is 15.9 Å². The van der Waals surface area contributed by atoms with Crippen LogP contribution in [0.5, 0.6) is 0 Å². The Morgan fingerprint density at radius 1 is 1.04 bits per heavy atom. The lowest BCUT2D eigenvalue weighted by molar-refractivity contribution is 0.322. The molecule has 0 aliphatic heterocycles. The number of oxime groups is 1. The molecule has 0 aromatic heterocycles. The van der Waals surface area contributed by atoms with Crippen molar-refractivity contribution in [3.05, 3.63) is 51.0 Å². The van der Waals surface area contributed by atoms with E-state index in [1.54, 1.807) is 0 Å². The standard InChI is InChI=1S/C23H29BrN2O.H2/c1-14-9-18-19(23(4,5)8-7-22(18,2)3)12-16(14)17-10-15(13-26-27)11-20(24)21(17)25-6;/h9-13,25,27H,7-8H2,1-6H3;1H/b26-13+;. The molecule has 0 heterocycles. The van der Waals surface area contributed by atoms with E-state index in [-0.39, 0.29) is 12.3 Å². The fourth-order valence-corrected chi connectivity index (χ4v) is 4.92. The van der Waals surface area contributed by atoms with E-state index in [9.17, 15) is 0 Å². The Kier molecular flexibility index (Phi) is 5.15. The average Bonchev–Trinajstić information content (AvgIpc) is 2.59. The van der Waals surface area contributed by atoms with Crippen molar-refractivity contribution in [2.45, 2.75) is 58.3 Å². The lowest BCUT2D eigenvalue weighted by Gasteiger charge is -2.42. The molecule has 4 heteroatoms. The van der Waals surface area contributed by atoms with Crippen LogP contribution in [0.15, 0.2) is 33.9 Å². The van der Waals surface area contributed by atoms with Gasteiger partial charge >= 0.3 is 0 Å². The quantitative estimate of drug-likeness (QED) is 0.316. The Morgan fingerprint density at radius 2 is 1.63 bits per heavy atom. The van der Waals surface area contributed by atoms with E-state index in [2.05, 4.69) is 79.2 Å². The molecule has 1 aliphatic rings. The fourth-order valence-electron chi connectivity index (χ4n) is 4.25. The summed E-state index contributed by atoms with van der Waals surface area (Å²) < 4.78 is 0.953. The van der Waals surface area contributed by atoms with Crippen molar-refractivity contribution in [1.29, 1.82) is 0 Å². The van der Waals surface area contributed by atoms with Crippen LogP contribution < -0.4 is 5.32 Å². The molecule has 0 spiro atoms. The van der Waals surface area contributed by atoms with E-state index < -0.39 is 0 Å². The minimum absolute atomic E-state index is 0. The molecule has 146 valence electrons. The first-order chi connectivity index (χ1) is 12.6. The Labute approximate surface area is 172 Å². The maximum Gasteiger partial charge on any atom is 0.0734 e. The van der Waals surface area contributed by atoms with Crippen LogP contribution in [-0.4, -0.2) is 18.5 Å². The molecule has 3 rings (SSSR count). The van der Waals surface area contributed by atoms with Gasteiger partial charge in [-0.25, -0.2) is 0 Å². The van der Waals surface area contributed by atoms with Gasteiger partial charge in [0.2, 0.25) is 0 Å². The highest BCUT2D eigenvalue weighted by Gasteiger charge is 2.37. The minimum atomic E-state index is 0. The Bertz CT molecular complexity index is 919. The van der Waals surface area contributed by atoms with Gasteiger partial charge in [0.05, 0.1) is 11.9 Å². The van der Waals surface area contributed by atoms with Gasteiger partial charge in [-0.2, -0.15) is 0 Å². The summed E-state index contributed by atoms with van der Waals surface area (Å²) in [6.45, 7) is 11.6. The summed E-state index contributed by atoms with van der Waals surface area (Å²) in [7, 11) is 1.93. The van der Waals surface area contributed by atoms with Gasteiger partial charge in [0.25, 0.3) is 0 Å². The molecule has 2 N–H and O–H groups in total. The highest BCUT2D eigenvalue weighted by Crippen LogP contribution is 2.48. The van der Waals surface area contributed by atoms with E-state index in [1.807, 2.05) is 13.1 Å². The Hall–Kier alpha value is -1.81. The molecule has 0 bridgehead atoms. The highest BCUT2D eigenvalue weighted by atomic mass is 79.9. The lowest BCUT2D eigenvalue weighted by Crippen LogP contribution is -2.34. The maximum absolute atomic E-state index is 8.98. The second-order valence-electron chi connectivity index (χ2n) is 8.90. The van der Waals surface area contributed by atoms with Crippen LogP contribution in [0.4, 0.5) is 5.69 Å². The zero-order valence-corrected chi connectivity index (χ0v) is 18.7. The lowest BCUT2D eigenvalue weighted by atomic mass is 9.62. The van der Waals surface area contributed by atoms with Gasteiger partial charge in [0.1, 0.15) is 0 Å². The first-order valence-electron chi connectivity index (χ1n) is 9.45. The van der Waals surface area contributed by atoms with Gasteiger partial charge in [-0.15, -0.1) is 0 Å². The number of anilines is 1. The van der Waals surface area contributed by atoms with E-state index in [0.717, 1.165) is 21.3 Å². The van der Waals surface area contributed by atoms with Crippen molar-refractivity contribution in [3.63, 3.8) is 0 Å². The zero-order chi connectivity index (χ0) is 20.0. The maximum atomic E-state index is 8.98. The van der Waals surface area contributed by atoms with Crippen molar-refractivity contribution >= 4 is 27.8 Å². The summed E-state index contributed by atoms with van der Waals surface area (Å²) in [6.07, 6.45) is 3.87. The number of fused-ring (bicyclic) bond motifs is 1. The van der Waals surface area contributed by atoms with E-state index in [1.165, 1.54) is 41.3 Å². The number of benzene rings is 2. The average molecular weight is 431 g/mol. The Morgan fingerprint density at radius 3 is 2.19 bits per heavy atom. The third-order valence-electron chi connectivity index (χ3n) is 6.06. The van der Waals surface area contributed by atoms with Crippen molar-refractivity contribution in [2.24, 2.45) is 5.16 Å². The second kappa shape index (κ2) is 6.97. The van der Waals surface area contributed by atoms with Crippen LogP contribution in [0, 0.1) is 6.92 Å². The number of aryl methyl sites for hydroxylation is 1. The SMILES string of the molecule is CNc1c(Br)cc(/C=N/O)cc1-c1cc2c(cc1C)C(C)(C)CCC2(C)C.[HH]. The number of nitrogens with zero attached hydrogens (tertiary/aromatic N) is 1. The van der Waals surface area contributed by atoms with Gasteiger partial charge in [-0.3, -0.25) is 0 Å². The number of halogens is 1. The molecule has 2 aromatic carbocycles. The molecule has 27 heavy (non-hydrogen) atoms. The number of hydrogen-bond acceptors (Lipinski definition) is 3. The normalized spacial score (nSPS) is 17.7. The molecule has 1 aliphatic carbocycles. The molecule has 0 saturated heterocycles. The second-order valence-corrected chi connectivity index (χ2v) is 9.75. The monoisotopic (exact) mass is 430 g/mol. The van der Waals surface area contributed by atoms with Crippen LogP contribution in [0.25, 0.3) is 11.1 Å². The van der Waals surface area contributed by atoms with Gasteiger partial charge in [-0.1, -0.05) is 38.9 Å². The molecular formula is C23H31BrN2O. The van der Waals surface area contributed by atoms with Crippen molar-refractivity contribution in [3.8, 4) is 11.1 Å². The molecule has 0 fully saturated rings. The van der Waals surface area contributed by atoms with E-state index in [0.29, 0.717) is 0 Å². The summed E-state index contributed by atoms with van der Waals surface area (Å²) in [4.78, 5) is 0. The first kappa shape index (κ1) is 19.9. The van der Waals surface area contributed by atoms with Crippen molar-refractivity contribution in [1.82, 2.24) is 0 Å². The van der Waals surface area contributed by atoms with Crippen molar-refractivity contribution < 1.29 is 6.63 Å². The van der Waals surface area contributed by atoms with Gasteiger partial charge in [-0.05, 0) is 92.5 Å². The van der Waals surface area contributed by atoms with Gasteiger partial charge < -0.3 is 10.5 Å². The number of hydrogen-bond donors (Lipinski definition) is 2. The summed E-state index contributed by atoms with van der Waals surface area (Å²) in [6, 6.07) is 8.79. The molecule has 0 unspecified atom stereocenters. The third-order valence-corrected chi connectivity index (χ3v) is 6.68. The Balaban J connectivity index is 0.00000280. The van der Waals surface area contributed by atoms with Gasteiger partial charge in [0, 0.05) is 18.5 Å². The summed E-state index contributed by atoms with van der Waals surface area (Å²) in [5, 5.41) is 15.5. The van der Waals surface area contributed by atoms with Gasteiger partial charge in [0.15, 0.2) is 0 Å². The predicted molar refractivity (Wildman–Crippen MR) is 121 cm³/mol. The fraction of sp³-hybridized carbons (Fsp3) is 0.435. The van der Waals surface area contributed by atoms with Crippen LogP contribution in [0.1, 0.15) is 64.2 Å². The third kappa shape index (κ3) is 3.52. The highest BCUT2D eigenvalue weighted by molar-refractivity contribution is 9.10.